The number of allylic oxidation sites excluding steroid dienone is 2. The Morgan fingerprint density at radius 3 is 2.54 bits per heavy atom. The molecule has 0 spiro atoms. The first-order chi connectivity index (χ1) is 6.09. The van der Waals surface area contributed by atoms with Crippen LogP contribution in [0.1, 0.15) is 39.5 Å². The molecular formula is C13H22. The van der Waals surface area contributed by atoms with E-state index in [1.807, 2.05) is 6.08 Å². The molecule has 0 amide bonds. The van der Waals surface area contributed by atoms with Crippen molar-refractivity contribution in [1.29, 1.82) is 0 Å². The van der Waals surface area contributed by atoms with Gasteiger partial charge in [0.25, 0.3) is 0 Å². The lowest BCUT2D eigenvalue weighted by molar-refractivity contribution is 0.355. The van der Waals surface area contributed by atoms with E-state index in [4.69, 9.17) is 0 Å². The predicted octanol–water partition coefficient (Wildman–Crippen LogP) is 4.19. The first kappa shape index (κ1) is 10.6. The summed E-state index contributed by atoms with van der Waals surface area (Å²) in [6.45, 7) is 12.5. The third-order valence-electron chi connectivity index (χ3n) is 3.25. The Balaban J connectivity index is 2.52. The molecular weight excluding hydrogens is 156 g/mol. The van der Waals surface area contributed by atoms with Gasteiger partial charge in [-0.2, -0.15) is 0 Å². The zero-order chi connectivity index (χ0) is 9.90. The highest BCUT2D eigenvalue weighted by Crippen LogP contribution is 2.47. The lowest BCUT2D eigenvalue weighted by Crippen LogP contribution is -2.05. The molecule has 0 heteroatoms. The molecule has 0 unspecified atom stereocenters. The van der Waals surface area contributed by atoms with Crippen LogP contribution < -0.4 is 0 Å². The zero-order valence-corrected chi connectivity index (χ0v) is 9.05. The second kappa shape index (κ2) is 4.13. The molecule has 74 valence electrons. The molecule has 0 aromatic carbocycles. The molecule has 1 fully saturated rings. The van der Waals surface area contributed by atoms with Crippen LogP contribution in [0.5, 0.6) is 0 Å². The predicted molar refractivity (Wildman–Crippen MR) is 59.6 cm³/mol. The molecule has 1 aliphatic rings. The first-order valence-corrected chi connectivity index (χ1v) is 5.32. The fourth-order valence-corrected chi connectivity index (χ4v) is 2.67. The van der Waals surface area contributed by atoms with E-state index in [9.17, 15) is 0 Å². The van der Waals surface area contributed by atoms with Crippen molar-refractivity contribution < 1.29 is 0 Å². The van der Waals surface area contributed by atoms with Gasteiger partial charge in [0.05, 0.1) is 0 Å². The van der Waals surface area contributed by atoms with Gasteiger partial charge in [-0.25, -0.2) is 0 Å². The molecule has 0 N–H and O–H groups in total. The van der Waals surface area contributed by atoms with Crippen LogP contribution in [0.3, 0.4) is 0 Å². The maximum Gasteiger partial charge on any atom is -0.0202 e. The summed E-state index contributed by atoms with van der Waals surface area (Å²) in [6.07, 6.45) is 9.32. The molecule has 2 atom stereocenters. The normalized spacial score (nSPS) is 31.5. The van der Waals surface area contributed by atoms with E-state index in [1.54, 1.807) is 0 Å². The monoisotopic (exact) mass is 178 g/mol. The van der Waals surface area contributed by atoms with E-state index in [2.05, 4.69) is 33.1 Å². The molecule has 1 aliphatic carbocycles. The fraction of sp³-hybridized carbons (Fsp3) is 0.692. The number of rotatable bonds is 4. The minimum Gasteiger partial charge on any atom is -0.103 e. The van der Waals surface area contributed by atoms with E-state index in [0.717, 1.165) is 18.3 Å². The van der Waals surface area contributed by atoms with Crippen LogP contribution in [0.15, 0.2) is 25.3 Å². The van der Waals surface area contributed by atoms with E-state index in [0.29, 0.717) is 5.41 Å². The molecule has 0 nitrogen and oxygen atoms in total. The second-order valence-electron chi connectivity index (χ2n) is 5.10. The molecule has 0 saturated heterocycles. The average Bonchev–Trinajstić information content (AvgIpc) is 2.37. The summed E-state index contributed by atoms with van der Waals surface area (Å²) in [5, 5.41) is 0. The molecule has 0 bridgehead atoms. The maximum absolute atomic E-state index is 3.94. The Kier molecular flexibility index (Phi) is 3.35. The minimum absolute atomic E-state index is 0.532. The highest BCUT2D eigenvalue weighted by atomic mass is 14.4. The van der Waals surface area contributed by atoms with Gasteiger partial charge in [0, 0.05) is 0 Å². The van der Waals surface area contributed by atoms with Crippen LogP contribution >= 0.6 is 0 Å². The fourth-order valence-electron chi connectivity index (χ4n) is 2.67. The summed E-state index contributed by atoms with van der Waals surface area (Å²) in [5.74, 6) is 1.60. The second-order valence-corrected chi connectivity index (χ2v) is 5.10. The first-order valence-electron chi connectivity index (χ1n) is 5.32. The van der Waals surface area contributed by atoms with Crippen LogP contribution in [0, 0.1) is 17.3 Å². The van der Waals surface area contributed by atoms with Gasteiger partial charge >= 0.3 is 0 Å². The topological polar surface area (TPSA) is 0 Å². The molecule has 0 radical (unpaired) electrons. The Morgan fingerprint density at radius 2 is 2.00 bits per heavy atom. The summed E-state index contributed by atoms with van der Waals surface area (Å²) in [6, 6.07) is 0. The van der Waals surface area contributed by atoms with Crippen molar-refractivity contribution in [2.24, 2.45) is 17.3 Å². The van der Waals surface area contributed by atoms with Gasteiger partial charge in [0.15, 0.2) is 0 Å². The van der Waals surface area contributed by atoms with Crippen LogP contribution in [0.4, 0.5) is 0 Å². The summed E-state index contributed by atoms with van der Waals surface area (Å²) in [4.78, 5) is 0. The summed E-state index contributed by atoms with van der Waals surface area (Å²) in [7, 11) is 0. The minimum atomic E-state index is 0.532. The Labute approximate surface area is 82.7 Å². The van der Waals surface area contributed by atoms with Crippen molar-refractivity contribution in [2.45, 2.75) is 39.5 Å². The summed E-state index contributed by atoms with van der Waals surface area (Å²) in [5.41, 5.74) is 0.532. The van der Waals surface area contributed by atoms with Crippen molar-refractivity contribution in [3.8, 4) is 0 Å². The number of hydrogen-bond acceptors (Lipinski definition) is 0. The van der Waals surface area contributed by atoms with E-state index >= 15 is 0 Å². The van der Waals surface area contributed by atoms with Crippen molar-refractivity contribution >= 4 is 0 Å². The van der Waals surface area contributed by atoms with Crippen LogP contribution in [-0.2, 0) is 0 Å². The summed E-state index contributed by atoms with van der Waals surface area (Å²) < 4.78 is 0. The average molecular weight is 178 g/mol. The van der Waals surface area contributed by atoms with Gasteiger partial charge in [-0.05, 0) is 42.9 Å². The van der Waals surface area contributed by atoms with Crippen LogP contribution in [0.25, 0.3) is 0 Å². The van der Waals surface area contributed by atoms with Crippen molar-refractivity contribution in [3.63, 3.8) is 0 Å². The quantitative estimate of drug-likeness (QED) is 0.566. The number of hydrogen-bond donors (Lipinski definition) is 0. The van der Waals surface area contributed by atoms with Crippen molar-refractivity contribution in [1.82, 2.24) is 0 Å². The van der Waals surface area contributed by atoms with Gasteiger partial charge in [-0.3, -0.25) is 0 Å². The van der Waals surface area contributed by atoms with Gasteiger partial charge in [-0.1, -0.05) is 26.0 Å². The van der Waals surface area contributed by atoms with Gasteiger partial charge < -0.3 is 0 Å². The van der Waals surface area contributed by atoms with Gasteiger partial charge in [0.2, 0.25) is 0 Å². The molecule has 0 aromatic heterocycles. The third-order valence-corrected chi connectivity index (χ3v) is 3.25. The van der Waals surface area contributed by atoms with Crippen LogP contribution in [0.2, 0.25) is 0 Å². The molecule has 0 aliphatic heterocycles. The van der Waals surface area contributed by atoms with Gasteiger partial charge in [0.1, 0.15) is 0 Å². The molecule has 0 heterocycles. The lowest BCUT2D eigenvalue weighted by atomic mass is 9.89. The lowest BCUT2D eigenvalue weighted by Gasteiger charge is -2.16. The molecule has 1 rings (SSSR count). The van der Waals surface area contributed by atoms with Gasteiger partial charge in [-0.15, -0.1) is 13.2 Å². The zero-order valence-electron chi connectivity index (χ0n) is 9.05. The van der Waals surface area contributed by atoms with E-state index < -0.39 is 0 Å². The Bertz CT molecular complexity index is 188. The smallest absolute Gasteiger partial charge is 0.0202 e. The standard InChI is InChI=1S/C13H22/c1-5-7-8-12-10-13(3,4)9-11(12)6-2/h5-6,11-12H,1-2,7-10H2,3-4H3/t11-,12-/m0/s1. The highest BCUT2D eigenvalue weighted by Gasteiger charge is 2.36. The SMILES string of the molecule is C=CCC[C@H]1CC(C)(C)C[C@@H]1C=C. The van der Waals surface area contributed by atoms with Crippen molar-refractivity contribution in [3.05, 3.63) is 25.3 Å². The molecule has 1 saturated carbocycles. The van der Waals surface area contributed by atoms with E-state index in [-0.39, 0.29) is 0 Å². The highest BCUT2D eigenvalue weighted by molar-refractivity contribution is 4.96. The Morgan fingerprint density at radius 1 is 1.31 bits per heavy atom. The van der Waals surface area contributed by atoms with E-state index in [1.165, 1.54) is 19.3 Å². The maximum atomic E-state index is 3.94. The molecule has 0 aromatic rings. The Hall–Kier alpha value is -0.520. The summed E-state index contributed by atoms with van der Waals surface area (Å²) >= 11 is 0. The van der Waals surface area contributed by atoms with Crippen molar-refractivity contribution in [2.75, 3.05) is 0 Å². The van der Waals surface area contributed by atoms with Crippen LogP contribution in [-0.4, -0.2) is 0 Å². The largest absolute Gasteiger partial charge is 0.103 e. The molecule has 13 heavy (non-hydrogen) atoms. The third kappa shape index (κ3) is 2.72.